The van der Waals surface area contributed by atoms with Gasteiger partial charge in [0, 0.05) is 28.4 Å². The minimum atomic E-state index is -3.35. The average molecular weight is 483 g/mol. The van der Waals surface area contributed by atoms with Crippen LogP contribution in [0.2, 0.25) is 0 Å². The minimum absolute atomic E-state index is 0.195. The number of sulfonamides is 1. The molecule has 0 spiro atoms. The second kappa shape index (κ2) is 8.64. The summed E-state index contributed by atoms with van der Waals surface area (Å²) >= 11 is 0. The minimum Gasteiger partial charge on any atom is -0.496 e. The number of ketones is 1. The SMILES string of the molecule is COc1c(/C=C/c2ccc(NS(C)(=O)=O)cc2)cc(N2C=CC(=O)CC2=O)c2c1C(C)(C)CO2. The van der Waals surface area contributed by atoms with Crippen molar-refractivity contribution < 1.29 is 27.5 Å². The first-order valence-corrected chi connectivity index (χ1v) is 12.5. The van der Waals surface area contributed by atoms with E-state index in [1.165, 1.54) is 17.2 Å². The second-order valence-electron chi connectivity index (χ2n) is 8.95. The van der Waals surface area contributed by atoms with E-state index in [1.807, 2.05) is 32.1 Å². The third kappa shape index (κ3) is 4.70. The number of nitrogens with zero attached hydrogens (tertiary/aromatic N) is 1. The molecule has 4 rings (SSSR count). The third-order valence-corrected chi connectivity index (χ3v) is 6.24. The van der Waals surface area contributed by atoms with Crippen molar-refractivity contribution in [3.63, 3.8) is 0 Å². The smallest absolute Gasteiger partial charge is 0.238 e. The lowest BCUT2D eigenvalue weighted by atomic mass is 9.84. The van der Waals surface area contributed by atoms with Crippen molar-refractivity contribution in [2.45, 2.75) is 25.7 Å². The number of anilines is 2. The van der Waals surface area contributed by atoms with Crippen LogP contribution >= 0.6 is 0 Å². The van der Waals surface area contributed by atoms with Crippen molar-refractivity contribution in [2.75, 3.05) is 29.6 Å². The van der Waals surface area contributed by atoms with Gasteiger partial charge in [0.2, 0.25) is 15.9 Å². The number of carbonyl (C=O) groups is 2. The first kappa shape index (κ1) is 23.6. The molecule has 1 amide bonds. The van der Waals surface area contributed by atoms with Crippen LogP contribution in [0.4, 0.5) is 11.4 Å². The topological polar surface area (TPSA) is 102 Å². The van der Waals surface area contributed by atoms with Crippen molar-refractivity contribution >= 4 is 45.2 Å². The summed E-state index contributed by atoms with van der Waals surface area (Å²) in [5.41, 5.74) is 3.13. The highest BCUT2D eigenvalue weighted by molar-refractivity contribution is 7.92. The standard InChI is InChI=1S/C25H26N2O6S/c1-25(2)15-33-24-20(27-12-11-19(28)14-21(27)29)13-17(23(32-3)22(24)25)8-5-16-6-9-18(10-7-16)26-34(4,30)31/h5-13,26H,14-15H2,1-4H3/b8-5+. The Hall–Kier alpha value is -3.59. The van der Waals surface area contributed by atoms with Crippen molar-refractivity contribution in [1.29, 1.82) is 0 Å². The predicted molar refractivity (Wildman–Crippen MR) is 132 cm³/mol. The van der Waals surface area contributed by atoms with Crippen LogP contribution in [-0.4, -0.2) is 40.1 Å². The second-order valence-corrected chi connectivity index (χ2v) is 10.7. The zero-order valence-corrected chi connectivity index (χ0v) is 20.2. The van der Waals surface area contributed by atoms with E-state index in [9.17, 15) is 18.0 Å². The Kier molecular flexibility index (Phi) is 5.99. The number of fused-ring (bicyclic) bond motifs is 1. The van der Waals surface area contributed by atoms with Crippen LogP contribution in [0.15, 0.2) is 42.6 Å². The number of rotatable bonds is 6. The van der Waals surface area contributed by atoms with Gasteiger partial charge in [0.05, 0.1) is 32.1 Å². The molecular formula is C25H26N2O6S. The van der Waals surface area contributed by atoms with E-state index in [4.69, 9.17) is 9.47 Å². The van der Waals surface area contributed by atoms with Gasteiger partial charge in [-0.2, -0.15) is 0 Å². The molecule has 178 valence electrons. The Morgan fingerprint density at radius 3 is 2.47 bits per heavy atom. The predicted octanol–water partition coefficient (Wildman–Crippen LogP) is 3.73. The molecular weight excluding hydrogens is 456 g/mol. The third-order valence-electron chi connectivity index (χ3n) is 5.63. The van der Waals surface area contributed by atoms with Crippen LogP contribution in [-0.2, 0) is 25.0 Å². The van der Waals surface area contributed by atoms with Crippen molar-refractivity contribution in [3.05, 3.63) is 59.3 Å². The Morgan fingerprint density at radius 2 is 1.85 bits per heavy atom. The fourth-order valence-corrected chi connectivity index (χ4v) is 4.64. The van der Waals surface area contributed by atoms with Gasteiger partial charge < -0.3 is 9.47 Å². The highest BCUT2D eigenvalue weighted by Crippen LogP contribution is 2.51. The molecule has 0 aromatic heterocycles. The molecule has 34 heavy (non-hydrogen) atoms. The number of nitrogens with one attached hydrogen (secondary N) is 1. The molecule has 0 unspecified atom stereocenters. The molecule has 0 bridgehead atoms. The molecule has 2 aromatic rings. The fraction of sp³-hybridized carbons (Fsp3) is 0.280. The molecule has 0 saturated carbocycles. The Bertz CT molecular complexity index is 1320. The summed E-state index contributed by atoms with van der Waals surface area (Å²) in [6.07, 6.45) is 7.52. The first-order valence-electron chi connectivity index (χ1n) is 10.7. The monoisotopic (exact) mass is 482 g/mol. The zero-order valence-electron chi connectivity index (χ0n) is 19.4. The van der Waals surface area contributed by atoms with Crippen molar-refractivity contribution in [1.82, 2.24) is 0 Å². The molecule has 0 atom stereocenters. The lowest BCUT2D eigenvalue weighted by molar-refractivity contribution is -0.124. The van der Waals surface area contributed by atoms with Gasteiger partial charge in [-0.1, -0.05) is 38.1 Å². The number of methoxy groups -OCH3 is 1. The van der Waals surface area contributed by atoms with Crippen LogP contribution in [0.25, 0.3) is 12.2 Å². The molecule has 0 radical (unpaired) electrons. The highest BCUT2D eigenvalue weighted by Gasteiger charge is 2.40. The van der Waals surface area contributed by atoms with Gasteiger partial charge >= 0.3 is 0 Å². The number of hydrogen-bond donors (Lipinski definition) is 1. The Labute approximate surface area is 198 Å². The zero-order chi connectivity index (χ0) is 24.7. The summed E-state index contributed by atoms with van der Waals surface area (Å²) in [5.74, 6) is 0.665. The Morgan fingerprint density at radius 1 is 1.15 bits per heavy atom. The van der Waals surface area contributed by atoms with Crippen LogP contribution in [0.3, 0.4) is 0 Å². The molecule has 2 aliphatic rings. The van der Waals surface area contributed by atoms with E-state index < -0.39 is 10.0 Å². The van der Waals surface area contributed by atoms with Gasteiger partial charge in [-0.25, -0.2) is 8.42 Å². The summed E-state index contributed by atoms with van der Waals surface area (Å²) in [6.45, 7) is 4.52. The molecule has 1 N–H and O–H groups in total. The molecule has 8 nitrogen and oxygen atoms in total. The number of carbonyl (C=O) groups excluding carboxylic acids is 2. The average Bonchev–Trinajstić information content (AvgIpc) is 3.07. The summed E-state index contributed by atoms with van der Waals surface area (Å²) in [5, 5.41) is 0. The van der Waals surface area contributed by atoms with Gasteiger partial charge in [-0.3, -0.25) is 19.2 Å². The van der Waals surface area contributed by atoms with Gasteiger partial charge in [-0.15, -0.1) is 0 Å². The van der Waals surface area contributed by atoms with Gasteiger partial charge in [0.15, 0.2) is 11.5 Å². The fourth-order valence-electron chi connectivity index (χ4n) is 4.07. The molecule has 0 fully saturated rings. The normalized spacial score (nSPS) is 17.1. The number of benzene rings is 2. The summed E-state index contributed by atoms with van der Waals surface area (Å²) in [4.78, 5) is 25.8. The Balaban J connectivity index is 1.77. The van der Waals surface area contributed by atoms with Crippen molar-refractivity contribution in [2.24, 2.45) is 0 Å². The van der Waals surface area contributed by atoms with Gasteiger partial charge in [0.25, 0.3) is 0 Å². The molecule has 2 heterocycles. The van der Waals surface area contributed by atoms with Crippen LogP contribution in [0.5, 0.6) is 11.5 Å². The largest absolute Gasteiger partial charge is 0.496 e. The summed E-state index contributed by atoms with van der Waals surface area (Å²) in [6, 6.07) is 8.75. The highest BCUT2D eigenvalue weighted by atomic mass is 32.2. The van der Waals surface area contributed by atoms with Crippen LogP contribution < -0.4 is 19.1 Å². The van der Waals surface area contributed by atoms with Crippen molar-refractivity contribution in [3.8, 4) is 11.5 Å². The quantitative estimate of drug-likeness (QED) is 0.497. The first-order chi connectivity index (χ1) is 16.0. The number of allylic oxidation sites excluding steroid dienone is 1. The number of ether oxygens (including phenoxy) is 2. The van der Waals surface area contributed by atoms with E-state index in [0.29, 0.717) is 29.5 Å². The van der Waals surface area contributed by atoms with Gasteiger partial charge in [-0.05, 0) is 29.8 Å². The van der Waals surface area contributed by atoms with Crippen LogP contribution in [0.1, 0.15) is 37.0 Å². The molecule has 2 aromatic carbocycles. The van der Waals surface area contributed by atoms with E-state index in [-0.39, 0.29) is 23.5 Å². The molecule has 2 aliphatic heterocycles. The van der Waals surface area contributed by atoms with E-state index >= 15 is 0 Å². The lowest BCUT2D eigenvalue weighted by Gasteiger charge is -2.26. The summed E-state index contributed by atoms with van der Waals surface area (Å²) < 4.78 is 37.1. The molecule has 0 saturated heterocycles. The van der Waals surface area contributed by atoms with E-state index in [2.05, 4.69) is 4.72 Å². The van der Waals surface area contributed by atoms with Gasteiger partial charge in [0.1, 0.15) is 5.75 Å². The summed E-state index contributed by atoms with van der Waals surface area (Å²) in [7, 11) is -1.76. The number of amides is 1. The lowest BCUT2D eigenvalue weighted by Crippen LogP contribution is -2.31. The number of hydrogen-bond acceptors (Lipinski definition) is 6. The maximum absolute atomic E-state index is 12.6. The van der Waals surface area contributed by atoms with E-state index in [0.717, 1.165) is 22.9 Å². The van der Waals surface area contributed by atoms with Crippen LogP contribution in [0, 0.1) is 0 Å². The maximum atomic E-state index is 12.6. The van der Waals surface area contributed by atoms with E-state index in [1.54, 1.807) is 31.4 Å². The molecule has 0 aliphatic carbocycles. The molecule has 9 heteroatoms. The maximum Gasteiger partial charge on any atom is 0.238 e.